The van der Waals surface area contributed by atoms with Crippen molar-refractivity contribution in [2.24, 2.45) is 0 Å². The van der Waals surface area contributed by atoms with Crippen LogP contribution in [0.2, 0.25) is 0 Å². The third-order valence-corrected chi connectivity index (χ3v) is 5.60. The lowest BCUT2D eigenvalue weighted by molar-refractivity contribution is -0.137. The summed E-state index contributed by atoms with van der Waals surface area (Å²) in [6.07, 6.45) is 3.81. The van der Waals surface area contributed by atoms with Gasteiger partial charge in [-0.3, -0.25) is 4.79 Å². The van der Waals surface area contributed by atoms with Crippen LogP contribution in [-0.2, 0) is 4.79 Å². The van der Waals surface area contributed by atoms with Crippen molar-refractivity contribution in [3.8, 4) is 17.5 Å². The second kappa shape index (κ2) is 6.89. The van der Waals surface area contributed by atoms with Crippen LogP contribution in [0.15, 0.2) is 30.5 Å². The lowest BCUT2D eigenvalue weighted by Gasteiger charge is -2.13. The van der Waals surface area contributed by atoms with Crippen LogP contribution in [0, 0.1) is 11.8 Å². The minimum Gasteiger partial charge on any atom is -0.476 e. The van der Waals surface area contributed by atoms with Crippen molar-refractivity contribution >= 4 is 22.9 Å². The Morgan fingerprint density at radius 3 is 2.81 bits per heavy atom. The largest absolute Gasteiger partial charge is 0.476 e. The summed E-state index contributed by atoms with van der Waals surface area (Å²) in [5, 5.41) is 24.7. The van der Waals surface area contributed by atoms with E-state index in [4.69, 9.17) is 0 Å². The fourth-order valence-corrected chi connectivity index (χ4v) is 3.65. The van der Waals surface area contributed by atoms with Crippen LogP contribution in [0.1, 0.15) is 47.1 Å². The smallest absolute Gasteiger partial charge is 0.357 e. The Labute approximate surface area is 177 Å². The van der Waals surface area contributed by atoms with Crippen LogP contribution in [0.25, 0.3) is 16.7 Å². The molecule has 1 saturated carbocycles. The molecule has 9 nitrogen and oxygen atoms in total. The average molecular weight is 417 g/mol. The minimum absolute atomic E-state index is 0.122. The summed E-state index contributed by atoms with van der Waals surface area (Å²) in [4.78, 5) is 34.2. The summed E-state index contributed by atoms with van der Waals surface area (Å²) in [5.41, 5.74) is -0.253. The third-order valence-electron chi connectivity index (χ3n) is 5.60. The van der Waals surface area contributed by atoms with E-state index in [1.807, 2.05) is 0 Å². The Kier molecular flexibility index (Phi) is 4.27. The molecule has 9 heteroatoms. The van der Waals surface area contributed by atoms with E-state index in [9.17, 15) is 19.8 Å². The Hall–Kier alpha value is -3.77. The molecule has 156 valence electrons. The van der Waals surface area contributed by atoms with Gasteiger partial charge in [-0.25, -0.2) is 19.4 Å². The average Bonchev–Trinajstić information content (AvgIpc) is 3.50. The number of aliphatic hydroxyl groups is 1. The molecular formula is C22H19N5O4. The molecular weight excluding hydrogens is 398 g/mol. The molecule has 3 aromatic rings. The van der Waals surface area contributed by atoms with E-state index in [1.54, 1.807) is 31.3 Å². The molecule has 1 saturated heterocycles. The summed E-state index contributed by atoms with van der Waals surface area (Å²) in [7, 11) is 1.63. The molecule has 0 unspecified atom stereocenters. The van der Waals surface area contributed by atoms with Crippen molar-refractivity contribution in [3.63, 3.8) is 0 Å². The van der Waals surface area contributed by atoms with Crippen molar-refractivity contribution in [3.05, 3.63) is 47.5 Å². The highest BCUT2D eigenvalue weighted by atomic mass is 16.4. The molecule has 1 atom stereocenters. The number of hydrogen-bond acceptors (Lipinski definition) is 6. The number of likely N-dealkylation sites (N-methyl/N-ethyl adjacent to an activating group) is 1. The number of hydrogen-bond donors (Lipinski definition) is 2. The molecule has 0 bridgehead atoms. The first-order valence-electron chi connectivity index (χ1n) is 9.96. The number of benzene rings is 1. The van der Waals surface area contributed by atoms with Crippen LogP contribution in [0.5, 0.6) is 0 Å². The zero-order valence-electron chi connectivity index (χ0n) is 16.7. The van der Waals surface area contributed by atoms with E-state index in [0.717, 1.165) is 12.8 Å². The minimum atomic E-state index is -1.69. The van der Waals surface area contributed by atoms with E-state index in [2.05, 4.69) is 26.9 Å². The highest BCUT2D eigenvalue weighted by molar-refractivity contribution is 6.00. The highest BCUT2D eigenvalue weighted by Crippen LogP contribution is 2.38. The van der Waals surface area contributed by atoms with Crippen LogP contribution >= 0.6 is 0 Å². The molecule has 2 aliphatic rings. The molecule has 0 spiro atoms. The fourth-order valence-electron chi connectivity index (χ4n) is 3.65. The van der Waals surface area contributed by atoms with Crippen molar-refractivity contribution in [1.29, 1.82) is 0 Å². The van der Waals surface area contributed by atoms with Gasteiger partial charge in [0, 0.05) is 37.7 Å². The van der Waals surface area contributed by atoms with Crippen LogP contribution in [0.4, 0.5) is 0 Å². The number of fused-ring (bicyclic) bond motifs is 1. The molecule has 0 radical (unpaired) electrons. The van der Waals surface area contributed by atoms with Gasteiger partial charge in [0.05, 0.1) is 11.1 Å². The molecule has 1 aliphatic carbocycles. The first kappa shape index (κ1) is 19.2. The predicted molar refractivity (Wildman–Crippen MR) is 110 cm³/mol. The second-order valence-corrected chi connectivity index (χ2v) is 7.94. The van der Waals surface area contributed by atoms with Gasteiger partial charge in [-0.15, -0.1) is 0 Å². The number of amides is 1. The Balaban J connectivity index is 1.57. The number of aromatic carboxylic acids is 1. The number of rotatable bonds is 3. The number of carboxylic acid groups (broad SMARTS) is 1. The lowest BCUT2D eigenvalue weighted by Crippen LogP contribution is -2.37. The normalized spacial score (nSPS) is 20.7. The number of aromatic nitrogens is 4. The SMILES string of the molecule is CN1CC[C@@](O)(C#Cc2cccc(-n3nc(C(=O)O)c4cnc(C5CC5)nc43)c2)C1=O. The van der Waals surface area contributed by atoms with E-state index in [0.29, 0.717) is 40.6 Å². The quantitative estimate of drug-likeness (QED) is 0.617. The van der Waals surface area contributed by atoms with Gasteiger partial charge in [0.15, 0.2) is 11.3 Å². The van der Waals surface area contributed by atoms with E-state index in [1.165, 1.54) is 15.8 Å². The molecule has 1 aliphatic heterocycles. The zero-order valence-corrected chi connectivity index (χ0v) is 16.7. The summed E-state index contributed by atoms with van der Waals surface area (Å²) in [6, 6.07) is 6.99. The van der Waals surface area contributed by atoms with Crippen molar-refractivity contribution in [2.75, 3.05) is 13.6 Å². The van der Waals surface area contributed by atoms with Crippen LogP contribution in [-0.4, -0.2) is 65.9 Å². The maximum Gasteiger partial charge on any atom is 0.357 e. The topological polar surface area (TPSA) is 121 Å². The highest BCUT2D eigenvalue weighted by Gasteiger charge is 2.42. The van der Waals surface area contributed by atoms with Gasteiger partial charge >= 0.3 is 5.97 Å². The maximum atomic E-state index is 12.1. The number of carbonyl (C=O) groups excluding carboxylic acids is 1. The zero-order chi connectivity index (χ0) is 21.8. The summed E-state index contributed by atoms with van der Waals surface area (Å²) in [5.74, 6) is 4.98. The van der Waals surface area contributed by atoms with Gasteiger partial charge in [0.2, 0.25) is 5.60 Å². The monoisotopic (exact) mass is 417 g/mol. The number of carbonyl (C=O) groups is 2. The summed E-state index contributed by atoms with van der Waals surface area (Å²) >= 11 is 0. The maximum absolute atomic E-state index is 12.1. The Morgan fingerprint density at radius 2 is 2.13 bits per heavy atom. The molecule has 2 N–H and O–H groups in total. The fraction of sp³-hybridized carbons (Fsp3) is 0.318. The number of nitrogens with zero attached hydrogens (tertiary/aromatic N) is 5. The van der Waals surface area contributed by atoms with Crippen molar-refractivity contribution in [2.45, 2.75) is 30.8 Å². The van der Waals surface area contributed by atoms with E-state index in [-0.39, 0.29) is 12.1 Å². The third kappa shape index (κ3) is 3.31. The second-order valence-electron chi connectivity index (χ2n) is 7.94. The molecule has 3 heterocycles. The van der Waals surface area contributed by atoms with Gasteiger partial charge in [0.1, 0.15) is 5.82 Å². The summed E-state index contributed by atoms with van der Waals surface area (Å²) < 4.78 is 1.47. The molecule has 1 amide bonds. The number of likely N-dealkylation sites (tertiary alicyclic amines) is 1. The molecule has 5 rings (SSSR count). The predicted octanol–water partition coefficient (Wildman–Crippen LogP) is 1.34. The lowest BCUT2D eigenvalue weighted by atomic mass is 10.0. The van der Waals surface area contributed by atoms with Crippen LogP contribution in [0.3, 0.4) is 0 Å². The van der Waals surface area contributed by atoms with E-state index >= 15 is 0 Å². The van der Waals surface area contributed by atoms with Gasteiger partial charge in [-0.1, -0.05) is 17.9 Å². The number of carboxylic acids is 1. The Morgan fingerprint density at radius 1 is 1.32 bits per heavy atom. The Bertz CT molecular complexity index is 1300. The van der Waals surface area contributed by atoms with E-state index < -0.39 is 17.5 Å². The molecule has 1 aromatic carbocycles. The van der Waals surface area contributed by atoms with Crippen molar-refractivity contribution in [1.82, 2.24) is 24.6 Å². The van der Waals surface area contributed by atoms with Gasteiger partial charge in [-0.05, 0) is 31.0 Å². The van der Waals surface area contributed by atoms with Gasteiger partial charge in [0.25, 0.3) is 5.91 Å². The van der Waals surface area contributed by atoms with Gasteiger partial charge in [-0.2, -0.15) is 5.10 Å². The molecule has 2 aromatic heterocycles. The first-order chi connectivity index (χ1) is 14.9. The summed E-state index contributed by atoms with van der Waals surface area (Å²) in [6.45, 7) is 0.449. The first-order valence-corrected chi connectivity index (χ1v) is 9.96. The van der Waals surface area contributed by atoms with Gasteiger partial charge < -0.3 is 15.1 Å². The molecule has 31 heavy (non-hydrogen) atoms. The molecule has 2 fully saturated rings. The van der Waals surface area contributed by atoms with Crippen LogP contribution < -0.4 is 0 Å². The standard InChI is InChI=1S/C22H19N5O4/c1-26-10-9-22(31,21(26)30)8-7-13-3-2-4-15(11-13)27-19-16(17(25-27)20(28)29)12-23-18(24-19)14-5-6-14/h2-4,11-12,14,31H,5-6,9-10H2,1H3,(H,28,29)/t22-/m0/s1. The van der Waals surface area contributed by atoms with Crippen molar-refractivity contribution < 1.29 is 19.8 Å².